The van der Waals surface area contributed by atoms with Crippen LogP contribution in [0.2, 0.25) is 0 Å². The molecule has 0 spiro atoms. The van der Waals surface area contributed by atoms with E-state index >= 15 is 0 Å². The van der Waals surface area contributed by atoms with Gasteiger partial charge in [-0.2, -0.15) is 0 Å². The Morgan fingerprint density at radius 3 is 2.48 bits per heavy atom. The van der Waals surface area contributed by atoms with Gasteiger partial charge in [-0.1, -0.05) is 6.58 Å². The molecule has 0 radical (unpaired) electrons. The van der Waals surface area contributed by atoms with E-state index in [2.05, 4.69) is 6.58 Å². The second-order valence-electron chi connectivity index (χ2n) is 4.98. The highest BCUT2D eigenvalue weighted by atomic mass is 16.5. The Morgan fingerprint density at radius 2 is 1.95 bits per heavy atom. The van der Waals surface area contributed by atoms with Gasteiger partial charge in [0.05, 0.1) is 12.7 Å². The highest BCUT2D eigenvalue weighted by molar-refractivity contribution is 5.88. The van der Waals surface area contributed by atoms with Gasteiger partial charge >= 0.3 is 5.97 Å². The molecule has 5 nitrogen and oxygen atoms in total. The second kappa shape index (κ2) is 5.91. The molecule has 0 unspecified atom stereocenters. The maximum absolute atomic E-state index is 11.6. The Kier molecular flexibility index (Phi) is 4.21. The van der Waals surface area contributed by atoms with Crippen LogP contribution in [0.5, 0.6) is 11.5 Å². The zero-order chi connectivity index (χ0) is 15.6. The molecule has 1 aromatic rings. The van der Waals surface area contributed by atoms with E-state index in [1.165, 1.54) is 19.2 Å². The summed E-state index contributed by atoms with van der Waals surface area (Å²) in [7, 11) is 1.32. The molecule has 0 aliphatic heterocycles. The Hall–Kier alpha value is -2.43. The number of ether oxygens (including phenoxy) is 2. The summed E-state index contributed by atoms with van der Waals surface area (Å²) in [6, 6.07) is 4.29. The summed E-state index contributed by atoms with van der Waals surface area (Å²) in [5.41, 5.74) is 0.949. The Morgan fingerprint density at radius 1 is 1.29 bits per heavy atom. The minimum absolute atomic E-state index is 0.201. The molecule has 0 aromatic heterocycles. The topological polar surface area (TPSA) is 76.0 Å². The first-order valence-corrected chi connectivity index (χ1v) is 6.62. The van der Waals surface area contributed by atoms with Crippen LogP contribution in [0, 0.1) is 5.92 Å². The number of hydrogen-bond acceptors (Lipinski definition) is 5. The fourth-order valence-corrected chi connectivity index (χ4v) is 1.95. The van der Waals surface area contributed by atoms with Crippen LogP contribution in [-0.2, 0) is 14.3 Å². The van der Waals surface area contributed by atoms with Gasteiger partial charge in [0.25, 0.3) is 0 Å². The van der Waals surface area contributed by atoms with E-state index in [4.69, 9.17) is 9.47 Å². The number of rotatable bonds is 5. The summed E-state index contributed by atoms with van der Waals surface area (Å²) in [5, 5.41) is 18.8. The van der Waals surface area contributed by atoms with Gasteiger partial charge in [-0.05, 0) is 38.0 Å². The third-order valence-corrected chi connectivity index (χ3v) is 3.34. The maximum Gasteiger partial charge on any atom is 0.336 e. The van der Waals surface area contributed by atoms with Gasteiger partial charge in [0.15, 0.2) is 11.5 Å². The standard InChI is InChI=1S/C16H18O5/c1-9(16(19)20-3)15(11-4-5-11)21-10(2)12-6-7-13(17)14(18)8-12/h6-8,11,17-18H,2,4-5H2,1,3H3. The van der Waals surface area contributed by atoms with Crippen LogP contribution < -0.4 is 0 Å². The fourth-order valence-electron chi connectivity index (χ4n) is 1.95. The summed E-state index contributed by atoms with van der Waals surface area (Å²) in [4.78, 5) is 11.6. The Bertz CT molecular complexity index is 611. The zero-order valence-electron chi connectivity index (χ0n) is 12.0. The van der Waals surface area contributed by atoms with Crippen LogP contribution >= 0.6 is 0 Å². The molecule has 0 heterocycles. The molecular weight excluding hydrogens is 272 g/mol. The van der Waals surface area contributed by atoms with Gasteiger partial charge in [0, 0.05) is 11.5 Å². The van der Waals surface area contributed by atoms with Crippen molar-refractivity contribution < 1.29 is 24.5 Å². The van der Waals surface area contributed by atoms with Crippen molar-refractivity contribution in [3.63, 3.8) is 0 Å². The molecular formula is C16H18O5. The van der Waals surface area contributed by atoms with Gasteiger partial charge in [-0.25, -0.2) is 4.79 Å². The smallest absolute Gasteiger partial charge is 0.336 e. The number of allylic oxidation sites excluding steroid dienone is 1. The summed E-state index contributed by atoms with van der Waals surface area (Å²) in [6.07, 6.45) is 1.91. The molecule has 2 rings (SSSR count). The molecule has 0 atom stereocenters. The predicted molar refractivity (Wildman–Crippen MR) is 77.3 cm³/mol. The van der Waals surface area contributed by atoms with Crippen LogP contribution in [0.25, 0.3) is 5.76 Å². The quantitative estimate of drug-likeness (QED) is 0.377. The second-order valence-corrected chi connectivity index (χ2v) is 4.98. The summed E-state index contributed by atoms with van der Waals surface area (Å²) in [6.45, 7) is 5.47. The number of carbonyl (C=O) groups excluding carboxylic acids is 1. The van der Waals surface area contributed by atoms with Crippen molar-refractivity contribution in [1.29, 1.82) is 0 Å². The SMILES string of the molecule is C=C(OC(=C(C)C(=O)OC)C1CC1)c1ccc(O)c(O)c1. The third kappa shape index (κ3) is 3.37. The van der Waals surface area contributed by atoms with E-state index < -0.39 is 5.97 Å². The van der Waals surface area contributed by atoms with Crippen LogP contribution in [-0.4, -0.2) is 23.3 Å². The lowest BCUT2D eigenvalue weighted by molar-refractivity contribution is -0.136. The molecule has 21 heavy (non-hydrogen) atoms. The molecule has 1 aromatic carbocycles. The number of esters is 1. The first-order valence-electron chi connectivity index (χ1n) is 6.62. The van der Waals surface area contributed by atoms with Crippen molar-refractivity contribution in [2.75, 3.05) is 7.11 Å². The van der Waals surface area contributed by atoms with Crippen LogP contribution in [0.1, 0.15) is 25.3 Å². The monoisotopic (exact) mass is 290 g/mol. The third-order valence-electron chi connectivity index (χ3n) is 3.34. The Balaban J connectivity index is 2.23. The van der Waals surface area contributed by atoms with Crippen molar-refractivity contribution >= 4 is 11.7 Å². The molecule has 1 aliphatic rings. The highest BCUT2D eigenvalue weighted by Crippen LogP contribution is 2.41. The van der Waals surface area contributed by atoms with E-state index in [1.54, 1.807) is 13.0 Å². The van der Waals surface area contributed by atoms with E-state index in [0.717, 1.165) is 12.8 Å². The van der Waals surface area contributed by atoms with Crippen LogP contribution in [0.3, 0.4) is 0 Å². The van der Waals surface area contributed by atoms with Gasteiger partial charge < -0.3 is 19.7 Å². The van der Waals surface area contributed by atoms with E-state index in [-0.39, 0.29) is 17.4 Å². The van der Waals surface area contributed by atoms with Crippen LogP contribution in [0.15, 0.2) is 36.1 Å². The lowest BCUT2D eigenvalue weighted by Gasteiger charge is -2.15. The number of aromatic hydroxyl groups is 2. The van der Waals surface area contributed by atoms with Gasteiger partial charge in [-0.15, -0.1) is 0 Å². The molecule has 1 saturated carbocycles. The highest BCUT2D eigenvalue weighted by Gasteiger charge is 2.32. The number of benzene rings is 1. The minimum atomic E-state index is -0.432. The van der Waals surface area contributed by atoms with Gasteiger partial charge in [0.1, 0.15) is 11.5 Å². The van der Waals surface area contributed by atoms with E-state index in [1.807, 2.05) is 0 Å². The summed E-state index contributed by atoms with van der Waals surface area (Å²) in [5.74, 6) is 0.161. The molecule has 0 bridgehead atoms. The van der Waals surface area contributed by atoms with Crippen LogP contribution in [0.4, 0.5) is 0 Å². The van der Waals surface area contributed by atoms with Gasteiger partial charge in [0.2, 0.25) is 0 Å². The number of methoxy groups -OCH3 is 1. The predicted octanol–water partition coefficient (Wildman–Crippen LogP) is 2.94. The molecule has 0 amide bonds. The van der Waals surface area contributed by atoms with Gasteiger partial charge in [-0.3, -0.25) is 0 Å². The van der Waals surface area contributed by atoms with E-state index in [9.17, 15) is 15.0 Å². The minimum Gasteiger partial charge on any atom is -0.504 e. The summed E-state index contributed by atoms with van der Waals surface area (Å²) < 4.78 is 10.4. The Labute approximate surface area is 123 Å². The summed E-state index contributed by atoms with van der Waals surface area (Å²) >= 11 is 0. The molecule has 0 saturated heterocycles. The number of carbonyl (C=O) groups is 1. The lowest BCUT2D eigenvalue weighted by atomic mass is 10.1. The maximum atomic E-state index is 11.6. The molecule has 1 aliphatic carbocycles. The number of hydrogen-bond donors (Lipinski definition) is 2. The first-order chi connectivity index (χ1) is 9.93. The largest absolute Gasteiger partial charge is 0.504 e. The number of phenols is 2. The fraction of sp³-hybridized carbons (Fsp3) is 0.312. The van der Waals surface area contributed by atoms with Crippen molar-refractivity contribution in [3.8, 4) is 11.5 Å². The molecule has 2 N–H and O–H groups in total. The molecule has 1 fully saturated rings. The average Bonchev–Trinajstić information content (AvgIpc) is 3.30. The van der Waals surface area contributed by atoms with Crippen molar-refractivity contribution in [3.05, 3.63) is 41.7 Å². The average molecular weight is 290 g/mol. The normalized spacial score (nSPS) is 15.1. The molecule has 112 valence electrons. The van der Waals surface area contributed by atoms with Crippen molar-refractivity contribution in [1.82, 2.24) is 0 Å². The van der Waals surface area contributed by atoms with E-state index in [0.29, 0.717) is 22.7 Å². The number of phenolic OH excluding ortho intramolecular Hbond substituents is 2. The van der Waals surface area contributed by atoms with Crippen molar-refractivity contribution in [2.45, 2.75) is 19.8 Å². The first kappa shape index (κ1) is 15.0. The lowest BCUT2D eigenvalue weighted by Crippen LogP contribution is -2.08. The van der Waals surface area contributed by atoms with Crippen molar-refractivity contribution in [2.24, 2.45) is 5.92 Å². The molecule has 5 heteroatoms. The zero-order valence-corrected chi connectivity index (χ0v) is 12.0.